The van der Waals surface area contributed by atoms with E-state index in [-0.39, 0.29) is 17.8 Å². The first-order chi connectivity index (χ1) is 10.4. The lowest BCUT2D eigenvalue weighted by Gasteiger charge is -2.17. The van der Waals surface area contributed by atoms with Gasteiger partial charge in [0.2, 0.25) is 0 Å². The van der Waals surface area contributed by atoms with Crippen molar-refractivity contribution in [2.45, 2.75) is 6.54 Å². The van der Waals surface area contributed by atoms with Crippen molar-refractivity contribution >= 4 is 23.2 Å². The van der Waals surface area contributed by atoms with E-state index in [0.29, 0.717) is 5.02 Å². The zero-order valence-corrected chi connectivity index (χ0v) is 12.3. The number of aromatic nitrogens is 1. The van der Waals surface area contributed by atoms with E-state index in [1.807, 2.05) is 0 Å². The first kappa shape index (κ1) is 15.7. The second kappa shape index (κ2) is 6.40. The topological polar surface area (TPSA) is 96.3 Å². The Hall–Kier alpha value is -2.67. The Balaban J connectivity index is 2.25. The van der Waals surface area contributed by atoms with Gasteiger partial charge >= 0.3 is 0 Å². The fraction of sp³-hybridized carbons (Fsp3) is 0.143. The molecule has 0 fully saturated rings. The molecule has 0 saturated heterocycles. The van der Waals surface area contributed by atoms with Crippen LogP contribution in [0, 0.1) is 10.1 Å². The van der Waals surface area contributed by atoms with Crippen LogP contribution in [0.3, 0.4) is 0 Å². The maximum Gasteiger partial charge on any atom is 0.286 e. The number of nitro groups is 1. The van der Waals surface area contributed by atoms with Crippen LogP contribution < -0.4 is 5.56 Å². The summed E-state index contributed by atoms with van der Waals surface area (Å²) < 4.78 is 0. The molecule has 114 valence electrons. The molecule has 1 aromatic carbocycles. The van der Waals surface area contributed by atoms with Gasteiger partial charge in [-0.25, -0.2) is 0 Å². The fourth-order valence-electron chi connectivity index (χ4n) is 1.92. The van der Waals surface area contributed by atoms with Crippen LogP contribution in [-0.2, 0) is 6.54 Å². The molecule has 1 N–H and O–H groups in total. The van der Waals surface area contributed by atoms with Crippen molar-refractivity contribution in [1.29, 1.82) is 0 Å². The van der Waals surface area contributed by atoms with Crippen molar-refractivity contribution in [2.75, 3.05) is 7.05 Å². The van der Waals surface area contributed by atoms with E-state index < -0.39 is 16.4 Å². The number of H-pyrrole nitrogens is 1. The maximum absolute atomic E-state index is 12.3. The summed E-state index contributed by atoms with van der Waals surface area (Å²) in [6.07, 6.45) is 0.954. The summed E-state index contributed by atoms with van der Waals surface area (Å²) in [7, 11) is 1.50. The number of amides is 1. The third-order valence-corrected chi connectivity index (χ3v) is 3.22. The SMILES string of the molecule is CN(Cc1cccc(Cl)c1)C(=O)c1cc([N+](=O)[O-])c[nH]c1=O. The van der Waals surface area contributed by atoms with Crippen LogP contribution in [0.2, 0.25) is 5.02 Å². The lowest BCUT2D eigenvalue weighted by molar-refractivity contribution is -0.385. The highest BCUT2D eigenvalue weighted by atomic mass is 35.5. The number of pyridine rings is 1. The Morgan fingerprint density at radius 1 is 1.41 bits per heavy atom. The number of nitrogens with zero attached hydrogens (tertiary/aromatic N) is 2. The molecule has 2 aromatic rings. The van der Waals surface area contributed by atoms with Gasteiger partial charge in [0, 0.05) is 24.7 Å². The first-order valence-electron chi connectivity index (χ1n) is 6.25. The average molecular weight is 322 g/mol. The lowest BCUT2D eigenvalue weighted by atomic mass is 10.2. The van der Waals surface area contributed by atoms with Crippen LogP contribution in [0.25, 0.3) is 0 Å². The van der Waals surface area contributed by atoms with Gasteiger partial charge in [-0.3, -0.25) is 19.7 Å². The second-order valence-electron chi connectivity index (χ2n) is 4.65. The van der Waals surface area contributed by atoms with Crippen molar-refractivity contribution in [2.24, 2.45) is 0 Å². The Morgan fingerprint density at radius 2 is 2.14 bits per heavy atom. The van der Waals surface area contributed by atoms with Crippen molar-refractivity contribution in [3.63, 3.8) is 0 Å². The molecule has 0 radical (unpaired) electrons. The molecule has 0 aliphatic heterocycles. The van der Waals surface area contributed by atoms with Crippen LogP contribution in [0.5, 0.6) is 0 Å². The van der Waals surface area contributed by atoms with E-state index in [1.165, 1.54) is 11.9 Å². The summed E-state index contributed by atoms with van der Waals surface area (Å²) >= 11 is 5.87. The monoisotopic (exact) mass is 321 g/mol. The zero-order chi connectivity index (χ0) is 16.3. The van der Waals surface area contributed by atoms with Crippen molar-refractivity contribution in [3.05, 3.63) is 73.1 Å². The number of benzene rings is 1. The Labute approximate surface area is 130 Å². The van der Waals surface area contributed by atoms with E-state index in [0.717, 1.165) is 17.8 Å². The number of carbonyl (C=O) groups is 1. The van der Waals surface area contributed by atoms with Gasteiger partial charge in [-0.1, -0.05) is 23.7 Å². The summed E-state index contributed by atoms with van der Waals surface area (Å²) in [6.45, 7) is 0.224. The molecular formula is C14H12ClN3O4. The van der Waals surface area contributed by atoms with Crippen LogP contribution in [0.15, 0.2) is 41.3 Å². The molecule has 1 aromatic heterocycles. The summed E-state index contributed by atoms with van der Waals surface area (Å²) in [6, 6.07) is 7.90. The third-order valence-electron chi connectivity index (χ3n) is 2.98. The molecule has 1 amide bonds. The summed E-state index contributed by atoms with van der Waals surface area (Å²) in [4.78, 5) is 37.5. The molecule has 8 heteroatoms. The average Bonchev–Trinajstić information content (AvgIpc) is 2.46. The predicted molar refractivity (Wildman–Crippen MR) is 81.0 cm³/mol. The van der Waals surface area contributed by atoms with E-state index in [2.05, 4.69) is 4.98 Å². The first-order valence-corrected chi connectivity index (χ1v) is 6.63. The predicted octanol–water partition coefficient (Wildman–Crippen LogP) is 2.21. The van der Waals surface area contributed by atoms with Gasteiger partial charge in [0.05, 0.1) is 11.1 Å². The summed E-state index contributed by atoms with van der Waals surface area (Å²) in [5, 5.41) is 11.3. The summed E-state index contributed by atoms with van der Waals surface area (Å²) in [5.41, 5.74) is -0.517. The Morgan fingerprint density at radius 3 is 2.77 bits per heavy atom. The quantitative estimate of drug-likeness (QED) is 0.689. The van der Waals surface area contributed by atoms with Crippen LogP contribution in [-0.4, -0.2) is 27.8 Å². The number of halogens is 1. The van der Waals surface area contributed by atoms with Gasteiger partial charge in [0.1, 0.15) is 5.56 Å². The van der Waals surface area contributed by atoms with E-state index in [4.69, 9.17) is 11.6 Å². The number of nitrogens with one attached hydrogen (secondary N) is 1. The highest BCUT2D eigenvalue weighted by Crippen LogP contribution is 2.14. The minimum absolute atomic E-state index is 0.224. The summed E-state index contributed by atoms with van der Waals surface area (Å²) in [5.74, 6) is -0.607. The number of rotatable bonds is 4. The zero-order valence-electron chi connectivity index (χ0n) is 11.6. The van der Waals surface area contributed by atoms with Gasteiger partial charge in [-0.05, 0) is 17.7 Å². The van der Waals surface area contributed by atoms with Gasteiger partial charge in [0.25, 0.3) is 17.2 Å². The minimum Gasteiger partial charge on any atom is -0.337 e. The molecule has 22 heavy (non-hydrogen) atoms. The largest absolute Gasteiger partial charge is 0.337 e. The van der Waals surface area contributed by atoms with Crippen LogP contribution in [0.4, 0.5) is 5.69 Å². The number of carbonyl (C=O) groups excluding carboxylic acids is 1. The lowest BCUT2D eigenvalue weighted by Crippen LogP contribution is -2.31. The Bertz CT molecular complexity index is 788. The molecule has 0 atom stereocenters. The molecule has 2 rings (SSSR count). The van der Waals surface area contributed by atoms with Crippen LogP contribution >= 0.6 is 11.6 Å². The van der Waals surface area contributed by atoms with Gasteiger partial charge < -0.3 is 9.88 Å². The molecule has 7 nitrogen and oxygen atoms in total. The van der Waals surface area contributed by atoms with Gasteiger partial charge in [-0.15, -0.1) is 0 Å². The molecule has 0 saturated carbocycles. The van der Waals surface area contributed by atoms with E-state index in [1.54, 1.807) is 24.3 Å². The molecule has 0 aliphatic carbocycles. The normalized spacial score (nSPS) is 10.3. The smallest absolute Gasteiger partial charge is 0.286 e. The highest BCUT2D eigenvalue weighted by Gasteiger charge is 2.19. The number of aromatic amines is 1. The molecule has 0 unspecified atom stereocenters. The van der Waals surface area contributed by atoms with Gasteiger partial charge in [-0.2, -0.15) is 0 Å². The molecule has 1 heterocycles. The van der Waals surface area contributed by atoms with Crippen molar-refractivity contribution in [3.8, 4) is 0 Å². The third kappa shape index (κ3) is 3.50. The molecular weight excluding hydrogens is 310 g/mol. The minimum atomic E-state index is -0.677. The van der Waals surface area contributed by atoms with Crippen molar-refractivity contribution in [1.82, 2.24) is 9.88 Å². The van der Waals surface area contributed by atoms with Crippen LogP contribution in [0.1, 0.15) is 15.9 Å². The molecule has 0 bridgehead atoms. The molecule has 0 aliphatic rings. The highest BCUT2D eigenvalue weighted by molar-refractivity contribution is 6.30. The standard InChI is InChI=1S/C14H12ClN3O4/c1-17(8-9-3-2-4-10(15)5-9)14(20)12-6-11(18(21)22)7-16-13(12)19/h2-7H,8H2,1H3,(H,16,19). The second-order valence-corrected chi connectivity index (χ2v) is 5.09. The number of hydrogen-bond donors (Lipinski definition) is 1. The molecule has 0 spiro atoms. The maximum atomic E-state index is 12.3. The fourth-order valence-corrected chi connectivity index (χ4v) is 2.14. The van der Waals surface area contributed by atoms with Gasteiger partial charge in [0.15, 0.2) is 0 Å². The van der Waals surface area contributed by atoms with E-state index in [9.17, 15) is 19.7 Å². The number of hydrogen-bond acceptors (Lipinski definition) is 4. The van der Waals surface area contributed by atoms with Crippen molar-refractivity contribution < 1.29 is 9.72 Å². The Kier molecular flexibility index (Phi) is 4.57. The van der Waals surface area contributed by atoms with E-state index >= 15 is 0 Å².